The summed E-state index contributed by atoms with van der Waals surface area (Å²) in [6.07, 6.45) is 0. The second-order valence-corrected chi connectivity index (χ2v) is 4.33. The lowest BCUT2D eigenvalue weighted by Crippen LogP contribution is -1.97. The zero-order valence-electron chi connectivity index (χ0n) is 10.0. The van der Waals surface area contributed by atoms with Gasteiger partial charge in [0.15, 0.2) is 0 Å². The third kappa shape index (κ3) is 2.55. The van der Waals surface area contributed by atoms with Crippen LogP contribution < -0.4 is 16.1 Å². The normalized spacial score (nSPS) is 10.7. The molecule has 0 radical (unpaired) electrons. The molecule has 2 heterocycles. The van der Waals surface area contributed by atoms with Gasteiger partial charge in [-0.15, -0.1) is 0 Å². The second-order valence-electron chi connectivity index (χ2n) is 3.94. The van der Waals surface area contributed by atoms with Crippen LogP contribution in [0.5, 0.6) is 11.6 Å². The van der Waals surface area contributed by atoms with E-state index in [0.717, 1.165) is 5.39 Å². The van der Waals surface area contributed by atoms with Crippen molar-refractivity contribution in [1.82, 2.24) is 9.97 Å². The van der Waals surface area contributed by atoms with Crippen molar-refractivity contribution in [3.8, 4) is 11.6 Å². The number of hydrogen-bond donors (Lipinski definition) is 1. The highest BCUT2D eigenvalue weighted by Gasteiger charge is 2.05. The van der Waals surface area contributed by atoms with Crippen LogP contribution in [0.4, 0.5) is 5.95 Å². The first-order valence-electron chi connectivity index (χ1n) is 5.62. The fourth-order valence-corrected chi connectivity index (χ4v) is 1.87. The monoisotopic (exact) mass is 289 g/mol. The highest BCUT2D eigenvalue weighted by atomic mass is 35.5. The number of ether oxygens (including phenoxy) is 1. The van der Waals surface area contributed by atoms with E-state index in [9.17, 15) is 4.79 Å². The van der Waals surface area contributed by atoms with Crippen LogP contribution in [0.15, 0.2) is 45.6 Å². The summed E-state index contributed by atoms with van der Waals surface area (Å²) in [5, 5.41) is 0.969. The molecule has 3 rings (SSSR count). The first-order valence-corrected chi connectivity index (χ1v) is 6.00. The molecular formula is C13H8ClN3O3. The molecule has 0 aliphatic rings. The Morgan fingerprint density at radius 3 is 2.75 bits per heavy atom. The number of benzene rings is 1. The van der Waals surface area contributed by atoms with Crippen molar-refractivity contribution < 1.29 is 9.15 Å². The molecule has 0 fully saturated rings. The van der Waals surface area contributed by atoms with Crippen LogP contribution in [0.25, 0.3) is 11.0 Å². The molecule has 20 heavy (non-hydrogen) atoms. The maximum atomic E-state index is 11.2. The highest BCUT2D eigenvalue weighted by Crippen LogP contribution is 2.25. The predicted octanol–water partition coefficient (Wildman–Crippen LogP) is 2.61. The Labute approximate surface area is 117 Å². The number of anilines is 1. The van der Waals surface area contributed by atoms with E-state index in [1.54, 1.807) is 24.3 Å². The van der Waals surface area contributed by atoms with Gasteiger partial charge in [0.1, 0.15) is 16.5 Å². The zero-order valence-corrected chi connectivity index (χ0v) is 10.8. The Kier molecular flexibility index (Phi) is 3.00. The number of halogens is 1. The van der Waals surface area contributed by atoms with Gasteiger partial charge in [0.25, 0.3) is 0 Å². The fourth-order valence-electron chi connectivity index (χ4n) is 1.69. The van der Waals surface area contributed by atoms with Crippen LogP contribution in [-0.2, 0) is 0 Å². The minimum absolute atomic E-state index is 0.0137. The topological polar surface area (TPSA) is 91.2 Å². The Bertz CT molecular complexity index is 827. The average molecular weight is 290 g/mol. The van der Waals surface area contributed by atoms with Gasteiger partial charge in [-0.2, -0.15) is 4.98 Å². The second kappa shape index (κ2) is 4.82. The van der Waals surface area contributed by atoms with Crippen molar-refractivity contribution in [2.24, 2.45) is 0 Å². The van der Waals surface area contributed by atoms with Gasteiger partial charge >= 0.3 is 5.63 Å². The van der Waals surface area contributed by atoms with Gasteiger partial charge in [0.05, 0.1) is 0 Å². The summed E-state index contributed by atoms with van der Waals surface area (Å²) >= 11 is 5.76. The van der Waals surface area contributed by atoms with Crippen LogP contribution >= 0.6 is 11.6 Å². The maximum Gasteiger partial charge on any atom is 0.336 e. The van der Waals surface area contributed by atoms with Crippen molar-refractivity contribution in [2.45, 2.75) is 0 Å². The summed E-state index contributed by atoms with van der Waals surface area (Å²) in [6, 6.07) is 9.53. The summed E-state index contributed by atoms with van der Waals surface area (Å²) in [6.45, 7) is 0. The number of nitrogen functional groups attached to an aromatic ring is 1. The van der Waals surface area contributed by atoms with Gasteiger partial charge < -0.3 is 14.9 Å². The van der Waals surface area contributed by atoms with Crippen LogP contribution in [0.2, 0.25) is 5.15 Å². The van der Waals surface area contributed by atoms with Gasteiger partial charge in [0, 0.05) is 23.6 Å². The lowest BCUT2D eigenvalue weighted by molar-refractivity contribution is 0.461. The summed E-state index contributed by atoms with van der Waals surface area (Å²) in [4.78, 5) is 18.8. The van der Waals surface area contributed by atoms with Crippen LogP contribution in [0, 0.1) is 0 Å². The molecule has 0 aliphatic carbocycles. The Morgan fingerprint density at radius 1 is 1.15 bits per heavy atom. The Balaban J connectivity index is 2.00. The third-order valence-electron chi connectivity index (χ3n) is 2.51. The predicted molar refractivity (Wildman–Crippen MR) is 74.0 cm³/mol. The van der Waals surface area contributed by atoms with E-state index in [2.05, 4.69) is 9.97 Å². The first-order chi connectivity index (χ1) is 9.60. The molecule has 7 heteroatoms. The van der Waals surface area contributed by atoms with E-state index in [-0.39, 0.29) is 17.0 Å². The maximum absolute atomic E-state index is 11.2. The molecule has 0 saturated heterocycles. The lowest BCUT2D eigenvalue weighted by Gasteiger charge is -2.06. The molecule has 0 atom stereocenters. The standard InChI is InChI=1S/C13H8ClN3O3/c14-10-6-11(17-13(15)16-10)19-8-3-1-7-2-4-12(18)20-9(7)5-8/h1-6H,(H2,15,16,17). The van der Waals surface area contributed by atoms with Crippen LogP contribution in [0.3, 0.4) is 0 Å². The Morgan fingerprint density at radius 2 is 1.95 bits per heavy atom. The number of nitrogens with two attached hydrogens (primary N) is 1. The van der Waals surface area contributed by atoms with E-state index in [0.29, 0.717) is 11.3 Å². The number of aromatic nitrogens is 2. The average Bonchev–Trinajstić information content (AvgIpc) is 2.37. The van der Waals surface area contributed by atoms with Gasteiger partial charge in [-0.05, 0) is 18.2 Å². The van der Waals surface area contributed by atoms with Gasteiger partial charge in [-0.1, -0.05) is 11.6 Å². The largest absolute Gasteiger partial charge is 0.439 e. The van der Waals surface area contributed by atoms with Crippen LogP contribution in [-0.4, -0.2) is 9.97 Å². The molecule has 2 N–H and O–H groups in total. The van der Waals surface area contributed by atoms with Gasteiger partial charge in [-0.3, -0.25) is 0 Å². The van der Waals surface area contributed by atoms with E-state index >= 15 is 0 Å². The third-order valence-corrected chi connectivity index (χ3v) is 2.70. The summed E-state index contributed by atoms with van der Waals surface area (Å²) in [5.74, 6) is 0.668. The molecule has 0 aliphatic heterocycles. The molecule has 0 saturated carbocycles. The van der Waals surface area contributed by atoms with Crippen molar-refractivity contribution in [1.29, 1.82) is 0 Å². The molecule has 2 aromatic heterocycles. The van der Waals surface area contributed by atoms with Crippen molar-refractivity contribution in [2.75, 3.05) is 5.73 Å². The molecule has 0 spiro atoms. The number of hydrogen-bond acceptors (Lipinski definition) is 6. The van der Waals surface area contributed by atoms with E-state index in [1.165, 1.54) is 12.1 Å². The van der Waals surface area contributed by atoms with Crippen molar-refractivity contribution >= 4 is 28.5 Å². The van der Waals surface area contributed by atoms with Gasteiger partial charge in [-0.25, -0.2) is 9.78 Å². The summed E-state index contributed by atoms with van der Waals surface area (Å²) in [5.41, 5.74) is 5.47. The first kappa shape index (κ1) is 12.4. The summed E-state index contributed by atoms with van der Waals surface area (Å²) < 4.78 is 10.6. The van der Waals surface area contributed by atoms with Crippen molar-refractivity contribution in [3.05, 3.63) is 52.0 Å². The smallest absolute Gasteiger partial charge is 0.336 e. The molecule has 0 unspecified atom stereocenters. The lowest BCUT2D eigenvalue weighted by atomic mass is 10.2. The fraction of sp³-hybridized carbons (Fsp3) is 0. The van der Waals surface area contributed by atoms with Crippen LogP contribution in [0.1, 0.15) is 0 Å². The SMILES string of the molecule is Nc1nc(Cl)cc(Oc2ccc3ccc(=O)oc3c2)n1. The molecule has 0 amide bonds. The zero-order chi connectivity index (χ0) is 14.1. The molecule has 0 bridgehead atoms. The molecule has 100 valence electrons. The van der Waals surface area contributed by atoms with Gasteiger partial charge in [0.2, 0.25) is 11.8 Å². The number of fused-ring (bicyclic) bond motifs is 1. The molecular weight excluding hydrogens is 282 g/mol. The molecule has 1 aromatic carbocycles. The quantitative estimate of drug-likeness (QED) is 0.576. The number of nitrogens with zero attached hydrogens (tertiary/aromatic N) is 2. The van der Waals surface area contributed by atoms with E-state index < -0.39 is 5.63 Å². The number of rotatable bonds is 2. The minimum atomic E-state index is -0.427. The minimum Gasteiger partial charge on any atom is -0.439 e. The molecule has 6 nitrogen and oxygen atoms in total. The van der Waals surface area contributed by atoms with Crippen molar-refractivity contribution in [3.63, 3.8) is 0 Å². The Hall–Kier alpha value is -2.60. The molecule has 3 aromatic rings. The van der Waals surface area contributed by atoms with E-state index in [1.807, 2.05) is 0 Å². The highest BCUT2D eigenvalue weighted by molar-refractivity contribution is 6.29. The van der Waals surface area contributed by atoms with E-state index in [4.69, 9.17) is 26.5 Å². The summed E-state index contributed by atoms with van der Waals surface area (Å²) in [7, 11) is 0.